The highest BCUT2D eigenvalue weighted by Gasteiger charge is 2.18. The Morgan fingerprint density at radius 1 is 0.316 bits per heavy atom. The molecule has 0 aliphatic rings. The Morgan fingerprint density at radius 3 is 1.42 bits per heavy atom. The van der Waals surface area contributed by atoms with Crippen LogP contribution in [0.2, 0.25) is 0 Å². The molecule has 4 heteroatoms. The van der Waals surface area contributed by atoms with Crippen LogP contribution < -0.4 is 0 Å². The fraction of sp³-hybridized carbons (Fsp3) is 0. The van der Waals surface area contributed by atoms with Crippen LogP contribution in [0.25, 0.3) is 111 Å². The third-order valence-electron chi connectivity index (χ3n) is 10.9. The van der Waals surface area contributed by atoms with E-state index < -0.39 is 0 Å². The van der Waals surface area contributed by atoms with Crippen molar-refractivity contribution in [3.05, 3.63) is 200 Å². The Hall–Kier alpha value is -7.69. The molecule has 11 rings (SSSR count). The van der Waals surface area contributed by atoms with Gasteiger partial charge in [-0.3, -0.25) is 0 Å². The lowest BCUT2D eigenvalue weighted by molar-refractivity contribution is 0.673. The Labute approximate surface area is 329 Å². The van der Waals surface area contributed by atoms with Gasteiger partial charge in [-0.25, -0.2) is 15.0 Å². The number of hydrogen-bond acceptors (Lipinski definition) is 4. The molecule has 4 nitrogen and oxygen atoms in total. The van der Waals surface area contributed by atoms with E-state index in [0.29, 0.717) is 5.82 Å². The molecule has 3 aromatic heterocycles. The smallest absolute Gasteiger partial charge is 0.160 e. The van der Waals surface area contributed by atoms with Gasteiger partial charge < -0.3 is 4.42 Å². The van der Waals surface area contributed by atoms with Crippen molar-refractivity contribution in [1.82, 2.24) is 15.0 Å². The number of hydrogen-bond donors (Lipinski definition) is 0. The summed E-state index contributed by atoms with van der Waals surface area (Å²) in [4.78, 5) is 15.6. The van der Waals surface area contributed by atoms with Crippen LogP contribution in [0.3, 0.4) is 0 Å². The minimum atomic E-state index is 0.676. The van der Waals surface area contributed by atoms with Gasteiger partial charge in [0.2, 0.25) is 0 Å². The van der Waals surface area contributed by atoms with Crippen LogP contribution in [0.1, 0.15) is 0 Å². The maximum absolute atomic E-state index is 6.55. The SMILES string of the molecule is c1ccc(-c2ccc(-c3cc(-c4ccc(-c5nc6ccccc6c6c5ccc5c7ccccc7oc56)cc4)nc(-c4ccc(-c5ccccc5)cc4)n3)cc2)cc1. The molecular formula is C53H33N3O. The fourth-order valence-electron chi connectivity index (χ4n) is 8.01. The summed E-state index contributed by atoms with van der Waals surface area (Å²) in [7, 11) is 0. The number of rotatable bonds is 6. The molecule has 0 fully saturated rings. The summed E-state index contributed by atoms with van der Waals surface area (Å²) >= 11 is 0. The second kappa shape index (κ2) is 13.6. The van der Waals surface area contributed by atoms with E-state index in [1.165, 1.54) is 11.1 Å². The van der Waals surface area contributed by atoms with E-state index in [2.05, 4.69) is 170 Å². The highest BCUT2D eigenvalue weighted by molar-refractivity contribution is 6.24. The number of furan rings is 1. The summed E-state index contributed by atoms with van der Waals surface area (Å²) in [6, 6.07) is 69.6. The van der Waals surface area contributed by atoms with Crippen LogP contribution in [0.5, 0.6) is 0 Å². The summed E-state index contributed by atoms with van der Waals surface area (Å²) in [6.45, 7) is 0. The quantitative estimate of drug-likeness (QED) is 0.160. The molecule has 0 saturated carbocycles. The molecule has 8 aromatic carbocycles. The zero-order valence-corrected chi connectivity index (χ0v) is 30.8. The van der Waals surface area contributed by atoms with Gasteiger partial charge in [-0.15, -0.1) is 0 Å². The average molecular weight is 728 g/mol. The zero-order chi connectivity index (χ0) is 37.7. The number of nitrogens with zero attached hydrogens (tertiary/aromatic N) is 3. The van der Waals surface area contributed by atoms with Crippen LogP contribution in [-0.2, 0) is 0 Å². The van der Waals surface area contributed by atoms with Crippen molar-refractivity contribution in [2.24, 2.45) is 0 Å². The maximum atomic E-state index is 6.55. The molecule has 0 aliphatic carbocycles. The molecule has 57 heavy (non-hydrogen) atoms. The van der Waals surface area contributed by atoms with Crippen LogP contribution in [-0.4, -0.2) is 15.0 Å². The summed E-state index contributed by atoms with van der Waals surface area (Å²) in [5, 5.41) is 5.43. The van der Waals surface area contributed by atoms with Gasteiger partial charge in [-0.05, 0) is 46.5 Å². The third-order valence-corrected chi connectivity index (χ3v) is 10.9. The Kier molecular flexibility index (Phi) is 7.78. The van der Waals surface area contributed by atoms with Gasteiger partial charge in [0.05, 0.1) is 22.6 Å². The van der Waals surface area contributed by atoms with E-state index in [-0.39, 0.29) is 0 Å². The van der Waals surface area contributed by atoms with Crippen LogP contribution >= 0.6 is 0 Å². The van der Waals surface area contributed by atoms with E-state index in [4.69, 9.17) is 19.4 Å². The van der Waals surface area contributed by atoms with E-state index in [1.807, 2.05) is 30.3 Å². The second-order valence-corrected chi connectivity index (χ2v) is 14.4. The van der Waals surface area contributed by atoms with Crippen LogP contribution in [0, 0.1) is 0 Å². The molecule has 0 amide bonds. The predicted molar refractivity (Wildman–Crippen MR) is 235 cm³/mol. The molecule has 11 aromatic rings. The zero-order valence-electron chi connectivity index (χ0n) is 30.8. The van der Waals surface area contributed by atoms with Crippen LogP contribution in [0.4, 0.5) is 0 Å². The maximum Gasteiger partial charge on any atom is 0.160 e. The van der Waals surface area contributed by atoms with E-state index in [9.17, 15) is 0 Å². The molecule has 0 aliphatic heterocycles. The molecular weight excluding hydrogens is 695 g/mol. The lowest BCUT2D eigenvalue weighted by atomic mass is 9.97. The predicted octanol–water partition coefficient (Wildman–Crippen LogP) is 14.1. The van der Waals surface area contributed by atoms with Crippen molar-refractivity contribution in [3.63, 3.8) is 0 Å². The van der Waals surface area contributed by atoms with Crippen molar-refractivity contribution >= 4 is 43.6 Å². The van der Waals surface area contributed by atoms with Gasteiger partial charge in [0.15, 0.2) is 5.82 Å². The van der Waals surface area contributed by atoms with Gasteiger partial charge >= 0.3 is 0 Å². The number of pyridine rings is 1. The lowest BCUT2D eigenvalue weighted by Crippen LogP contribution is -1.96. The average Bonchev–Trinajstić information content (AvgIpc) is 3.68. The topological polar surface area (TPSA) is 51.8 Å². The van der Waals surface area contributed by atoms with Gasteiger partial charge in [-0.2, -0.15) is 0 Å². The first-order chi connectivity index (χ1) is 28.2. The van der Waals surface area contributed by atoms with Gasteiger partial charge in [0, 0.05) is 49.2 Å². The molecule has 0 N–H and O–H groups in total. The summed E-state index contributed by atoms with van der Waals surface area (Å²) in [5.74, 6) is 0.676. The van der Waals surface area contributed by atoms with E-state index in [0.717, 1.165) is 94.1 Å². The highest BCUT2D eigenvalue weighted by Crippen LogP contribution is 2.41. The van der Waals surface area contributed by atoms with Crippen LogP contribution in [0.15, 0.2) is 205 Å². The number of aromatic nitrogens is 3. The Bertz CT molecular complexity index is 3140. The van der Waals surface area contributed by atoms with Crippen molar-refractivity contribution in [2.45, 2.75) is 0 Å². The standard InChI is InChI=1S/C53H33N3O/c1-3-11-34(12-4-1)36-19-23-38(24-20-36)47-33-48(56-53(55-47)41-29-21-37(22-30-41)35-13-5-2-6-14-35)39-25-27-40(28-26-39)51-45-32-31-43-42-15-8-10-18-49(42)57-52(43)50(45)44-16-7-9-17-46(44)54-51/h1-33H. The molecule has 0 spiro atoms. The van der Waals surface area contributed by atoms with Crippen molar-refractivity contribution in [2.75, 3.05) is 0 Å². The first-order valence-electron chi connectivity index (χ1n) is 19.2. The molecule has 266 valence electrons. The summed E-state index contributed by atoms with van der Waals surface area (Å²) in [5.41, 5.74) is 14.0. The molecule has 0 bridgehead atoms. The molecule has 0 radical (unpaired) electrons. The normalized spacial score (nSPS) is 11.5. The molecule has 0 saturated heterocycles. The van der Waals surface area contributed by atoms with Gasteiger partial charge in [0.25, 0.3) is 0 Å². The van der Waals surface area contributed by atoms with Crippen molar-refractivity contribution in [1.29, 1.82) is 0 Å². The minimum Gasteiger partial charge on any atom is -0.455 e. The van der Waals surface area contributed by atoms with E-state index >= 15 is 0 Å². The summed E-state index contributed by atoms with van der Waals surface area (Å²) < 4.78 is 6.55. The Balaban J connectivity index is 1.02. The monoisotopic (exact) mass is 727 g/mol. The van der Waals surface area contributed by atoms with E-state index in [1.54, 1.807) is 0 Å². The molecule has 0 unspecified atom stereocenters. The molecule has 0 atom stereocenters. The molecule has 3 heterocycles. The lowest BCUT2D eigenvalue weighted by Gasteiger charge is -2.12. The minimum absolute atomic E-state index is 0.676. The summed E-state index contributed by atoms with van der Waals surface area (Å²) in [6.07, 6.45) is 0. The third kappa shape index (κ3) is 5.83. The van der Waals surface area contributed by atoms with Crippen molar-refractivity contribution < 1.29 is 4.42 Å². The number of para-hydroxylation sites is 2. The van der Waals surface area contributed by atoms with Gasteiger partial charge in [0.1, 0.15) is 11.2 Å². The highest BCUT2D eigenvalue weighted by atomic mass is 16.3. The Morgan fingerprint density at radius 2 is 0.789 bits per heavy atom. The van der Waals surface area contributed by atoms with Gasteiger partial charge in [-0.1, -0.05) is 176 Å². The first-order valence-corrected chi connectivity index (χ1v) is 19.2. The number of benzene rings is 8. The number of fused-ring (bicyclic) bond motifs is 7. The fourth-order valence-corrected chi connectivity index (χ4v) is 8.01. The largest absolute Gasteiger partial charge is 0.455 e. The second-order valence-electron chi connectivity index (χ2n) is 14.4. The van der Waals surface area contributed by atoms with Crippen molar-refractivity contribution in [3.8, 4) is 67.4 Å². The first kappa shape index (κ1) is 32.7.